The summed E-state index contributed by atoms with van der Waals surface area (Å²) in [5.74, 6) is 1.65. The summed E-state index contributed by atoms with van der Waals surface area (Å²) in [5.41, 5.74) is 9.33. The lowest BCUT2D eigenvalue weighted by atomic mass is 9.97. The predicted octanol–water partition coefficient (Wildman–Crippen LogP) is 7.89. The van der Waals surface area contributed by atoms with Crippen LogP contribution in [-0.2, 0) is 4.74 Å². The molecular weight excluding hydrogens is 438 g/mol. The van der Waals surface area contributed by atoms with Crippen LogP contribution < -0.4 is 0 Å². The fraction of sp³-hybridized carbons (Fsp3) is 0.0294. The van der Waals surface area contributed by atoms with Gasteiger partial charge in [0.15, 0.2) is 0 Å². The van der Waals surface area contributed by atoms with Crippen molar-refractivity contribution in [3.05, 3.63) is 168 Å². The molecule has 0 aliphatic carbocycles. The van der Waals surface area contributed by atoms with Crippen LogP contribution in [0.4, 0.5) is 5.69 Å². The second-order valence-corrected chi connectivity index (χ2v) is 8.88. The van der Waals surface area contributed by atoms with Gasteiger partial charge in [-0.25, -0.2) is 0 Å². The van der Waals surface area contributed by atoms with Crippen LogP contribution in [-0.4, -0.2) is 17.3 Å². The number of nitrogens with zero attached hydrogens (tertiary/aromatic N) is 1. The molecule has 0 bridgehead atoms. The van der Waals surface area contributed by atoms with Crippen LogP contribution in [0, 0.1) is 0 Å². The van der Waals surface area contributed by atoms with Gasteiger partial charge in [-0.15, -0.1) is 0 Å². The highest BCUT2D eigenvalue weighted by Gasteiger charge is 2.32. The van der Waals surface area contributed by atoms with Crippen LogP contribution >= 0.6 is 0 Å². The number of rotatable bonds is 4. The van der Waals surface area contributed by atoms with Crippen LogP contribution in [0.5, 0.6) is 0 Å². The number of fused-ring (bicyclic) bond motifs is 1. The Bertz CT molecular complexity index is 1570. The van der Waals surface area contributed by atoms with Crippen molar-refractivity contribution in [3.8, 4) is 0 Å². The minimum atomic E-state index is 0.808. The Labute approximate surface area is 212 Å². The fourth-order valence-corrected chi connectivity index (χ4v) is 4.85. The SMILES string of the molecule is C[N+]1=C(c2ccccc2)/C(=C\C=C2/C=C(c3ccccc3)C=C(c3ccccc3)O2)c2ccccc21. The van der Waals surface area contributed by atoms with Crippen molar-refractivity contribution in [1.82, 2.24) is 0 Å². The average molecular weight is 465 g/mol. The minimum absolute atomic E-state index is 0.808. The third-order valence-electron chi connectivity index (χ3n) is 6.59. The molecule has 0 aromatic heterocycles. The first kappa shape index (κ1) is 21.8. The van der Waals surface area contributed by atoms with Crippen LogP contribution in [0.3, 0.4) is 0 Å². The molecule has 0 radical (unpaired) electrons. The minimum Gasteiger partial charge on any atom is -0.457 e. The molecule has 4 aromatic carbocycles. The Morgan fingerprint density at radius 2 is 1.17 bits per heavy atom. The monoisotopic (exact) mass is 464 g/mol. The van der Waals surface area contributed by atoms with Gasteiger partial charge >= 0.3 is 0 Å². The highest BCUT2D eigenvalue weighted by molar-refractivity contribution is 6.32. The Morgan fingerprint density at radius 1 is 0.583 bits per heavy atom. The van der Waals surface area contributed by atoms with Gasteiger partial charge in [-0.1, -0.05) is 91.0 Å². The van der Waals surface area contributed by atoms with Crippen molar-refractivity contribution in [1.29, 1.82) is 0 Å². The average Bonchev–Trinajstić information content (AvgIpc) is 3.24. The third-order valence-corrected chi connectivity index (χ3v) is 6.59. The standard InChI is InChI=1S/C34H26NO/c1-35-32-20-12-11-19-30(32)31(34(35)27-17-9-4-10-18-27)22-21-29-23-28(25-13-5-2-6-14-25)24-33(36-29)26-15-7-3-8-16-26/h2-24H,1H3/q+1/b29-21+,31-22-. The third kappa shape index (κ3) is 4.14. The first-order valence-corrected chi connectivity index (χ1v) is 12.2. The number of para-hydroxylation sites is 1. The quantitative estimate of drug-likeness (QED) is 0.280. The van der Waals surface area contributed by atoms with E-state index in [0.717, 1.165) is 28.2 Å². The lowest BCUT2D eigenvalue weighted by Gasteiger charge is -2.18. The topological polar surface area (TPSA) is 12.2 Å². The lowest BCUT2D eigenvalue weighted by Crippen LogP contribution is -2.09. The second-order valence-electron chi connectivity index (χ2n) is 8.88. The van der Waals surface area contributed by atoms with E-state index in [0.29, 0.717) is 0 Å². The van der Waals surface area contributed by atoms with E-state index in [4.69, 9.17) is 4.74 Å². The molecule has 2 nitrogen and oxygen atoms in total. The fourth-order valence-electron chi connectivity index (χ4n) is 4.85. The summed E-state index contributed by atoms with van der Waals surface area (Å²) in [6, 6.07) is 39.8. The lowest BCUT2D eigenvalue weighted by molar-refractivity contribution is -0.400. The van der Waals surface area contributed by atoms with Gasteiger partial charge in [0, 0.05) is 17.2 Å². The molecule has 172 valence electrons. The molecule has 0 amide bonds. The van der Waals surface area contributed by atoms with Gasteiger partial charge < -0.3 is 4.74 Å². The van der Waals surface area contributed by atoms with Gasteiger partial charge in [0.1, 0.15) is 18.6 Å². The van der Waals surface area contributed by atoms with Crippen LogP contribution in [0.1, 0.15) is 22.3 Å². The van der Waals surface area contributed by atoms with E-state index in [1.54, 1.807) is 0 Å². The highest BCUT2D eigenvalue weighted by Crippen LogP contribution is 2.37. The molecule has 2 heteroatoms. The zero-order valence-electron chi connectivity index (χ0n) is 20.1. The zero-order valence-corrected chi connectivity index (χ0v) is 20.1. The van der Waals surface area contributed by atoms with E-state index < -0.39 is 0 Å². The Morgan fingerprint density at radius 3 is 1.86 bits per heavy atom. The molecule has 0 saturated heterocycles. The molecule has 2 aliphatic rings. The first-order chi connectivity index (χ1) is 17.8. The molecule has 6 rings (SSSR count). The zero-order chi connectivity index (χ0) is 24.3. The Kier molecular flexibility index (Phi) is 5.77. The van der Waals surface area contributed by atoms with E-state index in [1.807, 2.05) is 24.3 Å². The summed E-state index contributed by atoms with van der Waals surface area (Å²) in [4.78, 5) is 0. The predicted molar refractivity (Wildman–Crippen MR) is 149 cm³/mol. The van der Waals surface area contributed by atoms with Crippen LogP contribution in [0.2, 0.25) is 0 Å². The smallest absolute Gasteiger partial charge is 0.220 e. The largest absolute Gasteiger partial charge is 0.457 e. The summed E-state index contributed by atoms with van der Waals surface area (Å²) in [6.45, 7) is 0. The van der Waals surface area contributed by atoms with Gasteiger partial charge in [0.25, 0.3) is 0 Å². The van der Waals surface area contributed by atoms with Crippen molar-refractivity contribution in [2.75, 3.05) is 7.05 Å². The Balaban J connectivity index is 1.47. The molecule has 0 unspecified atom stereocenters. The van der Waals surface area contributed by atoms with E-state index in [1.165, 1.54) is 28.1 Å². The summed E-state index contributed by atoms with van der Waals surface area (Å²) in [5, 5.41) is 0. The van der Waals surface area contributed by atoms with Crippen molar-refractivity contribution < 1.29 is 9.31 Å². The molecule has 0 atom stereocenters. The molecule has 2 heterocycles. The number of hydrogen-bond acceptors (Lipinski definition) is 1. The van der Waals surface area contributed by atoms with E-state index in [2.05, 4.69) is 127 Å². The summed E-state index contributed by atoms with van der Waals surface area (Å²) < 4.78 is 8.69. The summed E-state index contributed by atoms with van der Waals surface area (Å²) in [7, 11) is 2.13. The molecule has 36 heavy (non-hydrogen) atoms. The maximum Gasteiger partial charge on any atom is 0.220 e. The number of allylic oxidation sites excluding steroid dienone is 6. The summed E-state index contributed by atoms with van der Waals surface area (Å²) >= 11 is 0. The number of ether oxygens (including phenoxy) is 1. The van der Waals surface area contributed by atoms with Crippen molar-refractivity contribution in [3.63, 3.8) is 0 Å². The van der Waals surface area contributed by atoms with Crippen molar-refractivity contribution in [2.45, 2.75) is 0 Å². The molecule has 2 aliphatic heterocycles. The van der Waals surface area contributed by atoms with Crippen molar-refractivity contribution >= 4 is 28.3 Å². The molecule has 0 fully saturated rings. The Hall–Kier alpha value is -4.69. The van der Waals surface area contributed by atoms with Gasteiger partial charge in [-0.3, -0.25) is 0 Å². The van der Waals surface area contributed by atoms with Gasteiger partial charge in [-0.05, 0) is 53.6 Å². The molecule has 4 aromatic rings. The number of hydrogen-bond donors (Lipinski definition) is 0. The molecular formula is C34H26NO+. The molecule has 0 spiro atoms. The van der Waals surface area contributed by atoms with Crippen LogP contribution in [0.15, 0.2) is 145 Å². The van der Waals surface area contributed by atoms with Crippen molar-refractivity contribution in [2.24, 2.45) is 0 Å². The normalized spacial score (nSPS) is 17.0. The van der Waals surface area contributed by atoms with Gasteiger partial charge in [0.2, 0.25) is 11.4 Å². The molecule has 0 saturated carbocycles. The maximum atomic E-state index is 6.42. The van der Waals surface area contributed by atoms with E-state index in [9.17, 15) is 0 Å². The van der Waals surface area contributed by atoms with Gasteiger partial charge in [0.05, 0.1) is 11.1 Å². The van der Waals surface area contributed by atoms with Crippen LogP contribution in [0.25, 0.3) is 16.9 Å². The first-order valence-electron chi connectivity index (χ1n) is 12.2. The number of benzene rings is 4. The van der Waals surface area contributed by atoms with Gasteiger partial charge in [-0.2, -0.15) is 4.58 Å². The second kappa shape index (κ2) is 9.52. The van der Waals surface area contributed by atoms with E-state index in [-0.39, 0.29) is 0 Å². The maximum absolute atomic E-state index is 6.42. The molecule has 0 N–H and O–H groups in total. The van der Waals surface area contributed by atoms with E-state index >= 15 is 0 Å². The highest BCUT2D eigenvalue weighted by atomic mass is 16.5. The summed E-state index contributed by atoms with van der Waals surface area (Å²) in [6.07, 6.45) is 8.51.